The van der Waals surface area contributed by atoms with Crippen LogP contribution in [0.4, 0.5) is 0 Å². The summed E-state index contributed by atoms with van der Waals surface area (Å²) < 4.78 is 0. The first kappa shape index (κ1) is 12.6. The van der Waals surface area contributed by atoms with E-state index in [0.717, 1.165) is 38.5 Å². The summed E-state index contributed by atoms with van der Waals surface area (Å²) in [5.41, 5.74) is 0.964. The first-order valence-corrected chi connectivity index (χ1v) is 6.84. The van der Waals surface area contributed by atoms with Crippen LogP contribution in [0.25, 0.3) is 0 Å². The average Bonchev–Trinajstić information content (AvgIpc) is 2.79. The monoisotopic (exact) mass is 237 g/mol. The summed E-state index contributed by atoms with van der Waals surface area (Å²) in [5.74, 6) is 0.0918. The molecule has 2 rings (SSSR count). The fourth-order valence-corrected chi connectivity index (χ4v) is 2.99. The number of rotatable bonds is 4. The van der Waals surface area contributed by atoms with Crippen LogP contribution < -0.4 is 5.32 Å². The second-order valence-corrected chi connectivity index (χ2v) is 5.48. The quantitative estimate of drug-likeness (QED) is 0.737. The summed E-state index contributed by atoms with van der Waals surface area (Å²) >= 11 is 0. The molecule has 0 heterocycles. The summed E-state index contributed by atoms with van der Waals surface area (Å²) in [6.45, 7) is 0.0811. The number of aliphatic hydroxyl groups excluding tert-OH is 1. The van der Waals surface area contributed by atoms with Gasteiger partial charge in [0.25, 0.3) is 0 Å². The molecule has 17 heavy (non-hydrogen) atoms. The van der Waals surface area contributed by atoms with Crippen LogP contribution in [-0.2, 0) is 4.79 Å². The molecule has 3 nitrogen and oxygen atoms in total. The van der Waals surface area contributed by atoms with Crippen LogP contribution >= 0.6 is 0 Å². The highest BCUT2D eigenvalue weighted by atomic mass is 16.3. The lowest BCUT2D eigenvalue weighted by molar-refractivity contribution is -0.122. The van der Waals surface area contributed by atoms with Crippen molar-refractivity contribution >= 4 is 5.91 Å². The second kappa shape index (κ2) is 5.67. The van der Waals surface area contributed by atoms with Crippen molar-refractivity contribution in [3.05, 3.63) is 11.6 Å². The normalized spacial score (nSPS) is 23.2. The lowest BCUT2D eigenvalue weighted by Crippen LogP contribution is -2.49. The molecule has 96 valence electrons. The van der Waals surface area contributed by atoms with Crippen molar-refractivity contribution in [3.8, 4) is 0 Å². The predicted molar refractivity (Wildman–Crippen MR) is 67.6 cm³/mol. The Kier molecular flexibility index (Phi) is 4.21. The molecule has 0 aromatic heterocycles. The fraction of sp³-hybridized carbons (Fsp3) is 0.786. The van der Waals surface area contributed by atoms with Crippen molar-refractivity contribution in [1.82, 2.24) is 5.32 Å². The SMILES string of the molecule is O=C(CC1=CCCCC1)NC1(CO)CCCC1. The van der Waals surface area contributed by atoms with Gasteiger partial charge in [0.15, 0.2) is 0 Å². The van der Waals surface area contributed by atoms with E-state index in [0.29, 0.717) is 6.42 Å². The summed E-state index contributed by atoms with van der Waals surface area (Å²) in [6.07, 6.45) is 11.5. The Labute approximate surface area is 103 Å². The number of hydrogen-bond acceptors (Lipinski definition) is 2. The minimum absolute atomic E-state index is 0.0811. The van der Waals surface area contributed by atoms with Gasteiger partial charge in [0.1, 0.15) is 0 Å². The van der Waals surface area contributed by atoms with Crippen LogP contribution in [0.2, 0.25) is 0 Å². The Morgan fingerprint density at radius 2 is 2.06 bits per heavy atom. The molecule has 0 spiro atoms. The molecule has 0 aromatic carbocycles. The molecule has 0 aliphatic heterocycles. The predicted octanol–water partition coefficient (Wildman–Crippen LogP) is 2.30. The number of hydrogen-bond donors (Lipinski definition) is 2. The van der Waals surface area contributed by atoms with Crippen molar-refractivity contribution < 1.29 is 9.90 Å². The molecule has 0 aromatic rings. The Bertz CT molecular complexity index is 303. The van der Waals surface area contributed by atoms with Gasteiger partial charge in [-0.2, -0.15) is 0 Å². The molecular weight excluding hydrogens is 214 g/mol. The first-order chi connectivity index (χ1) is 8.24. The highest BCUT2D eigenvalue weighted by Crippen LogP contribution is 2.29. The van der Waals surface area contributed by atoms with Crippen LogP contribution in [0, 0.1) is 0 Å². The minimum atomic E-state index is -0.313. The number of amides is 1. The van der Waals surface area contributed by atoms with Gasteiger partial charge < -0.3 is 10.4 Å². The van der Waals surface area contributed by atoms with E-state index >= 15 is 0 Å². The fourth-order valence-electron chi connectivity index (χ4n) is 2.99. The van der Waals surface area contributed by atoms with Gasteiger partial charge >= 0.3 is 0 Å². The van der Waals surface area contributed by atoms with Crippen molar-refractivity contribution in [1.29, 1.82) is 0 Å². The maximum absolute atomic E-state index is 12.0. The smallest absolute Gasteiger partial charge is 0.224 e. The molecule has 0 saturated heterocycles. The third-order valence-corrected chi connectivity index (χ3v) is 4.04. The zero-order valence-electron chi connectivity index (χ0n) is 10.5. The standard InChI is InChI=1S/C14H23NO2/c16-11-14(8-4-5-9-14)15-13(17)10-12-6-2-1-3-7-12/h6,16H,1-5,7-11H2,(H,15,17). The van der Waals surface area contributed by atoms with Crippen LogP contribution in [0.1, 0.15) is 57.8 Å². The van der Waals surface area contributed by atoms with Gasteiger partial charge in [-0.3, -0.25) is 4.79 Å². The topological polar surface area (TPSA) is 49.3 Å². The number of aliphatic hydroxyl groups is 1. The van der Waals surface area contributed by atoms with Crippen molar-refractivity contribution in [2.45, 2.75) is 63.3 Å². The van der Waals surface area contributed by atoms with Crippen molar-refractivity contribution in [2.75, 3.05) is 6.61 Å². The zero-order valence-corrected chi connectivity index (χ0v) is 10.5. The Hall–Kier alpha value is -0.830. The van der Waals surface area contributed by atoms with Gasteiger partial charge in [-0.1, -0.05) is 24.5 Å². The van der Waals surface area contributed by atoms with Gasteiger partial charge in [0.05, 0.1) is 12.1 Å². The van der Waals surface area contributed by atoms with E-state index in [9.17, 15) is 9.90 Å². The Balaban J connectivity index is 1.85. The molecule has 2 aliphatic rings. The van der Waals surface area contributed by atoms with E-state index < -0.39 is 0 Å². The van der Waals surface area contributed by atoms with Gasteiger partial charge in [0, 0.05) is 6.42 Å². The summed E-state index contributed by atoms with van der Waals surface area (Å²) in [5, 5.41) is 12.5. The summed E-state index contributed by atoms with van der Waals surface area (Å²) in [7, 11) is 0. The van der Waals surface area contributed by atoms with E-state index in [1.165, 1.54) is 18.4 Å². The molecule has 0 unspecified atom stereocenters. The van der Waals surface area contributed by atoms with Gasteiger partial charge in [-0.05, 0) is 38.5 Å². The molecule has 0 radical (unpaired) electrons. The van der Waals surface area contributed by atoms with Gasteiger partial charge in [-0.25, -0.2) is 0 Å². The number of carbonyl (C=O) groups is 1. The maximum Gasteiger partial charge on any atom is 0.224 e. The van der Waals surface area contributed by atoms with Crippen LogP contribution in [0.5, 0.6) is 0 Å². The second-order valence-electron chi connectivity index (χ2n) is 5.48. The van der Waals surface area contributed by atoms with E-state index in [1.807, 2.05) is 0 Å². The molecule has 1 amide bonds. The van der Waals surface area contributed by atoms with Gasteiger partial charge in [0.2, 0.25) is 5.91 Å². The zero-order chi connectivity index (χ0) is 12.1. The highest BCUT2D eigenvalue weighted by Gasteiger charge is 2.34. The third-order valence-electron chi connectivity index (χ3n) is 4.04. The molecule has 3 heteroatoms. The molecule has 0 bridgehead atoms. The molecule has 1 fully saturated rings. The lowest BCUT2D eigenvalue weighted by atomic mass is 9.95. The Morgan fingerprint density at radius 1 is 1.29 bits per heavy atom. The van der Waals surface area contributed by atoms with E-state index in [2.05, 4.69) is 11.4 Å². The molecule has 1 saturated carbocycles. The van der Waals surface area contributed by atoms with Gasteiger partial charge in [-0.15, -0.1) is 0 Å². The van der Waals surface area contributed by atoms with Crippen LogP contribution in [0.3, 0.4) is 0 Å². The highest BCUT2D eigenvalue weighted by molar-refractivity contribution is 5.79. The molecule has 2 aliphatic carbocycles. The number of carbonyl (C=O) groups excluding carboxylic acids is 1. The minimum Gasteiger partial charge on any atom is -0.394 e. The summed E-state index contributed by atoms with van der Waals surface area (Å²) in [6, 6.07) is 0. The molecule has 0 atom stereocenters. The lowest BCUT2D eigenvalue weighted by Gasteiger charge is -2.28. The number of allylic oxidation sites excluding steroid dienone is 1. The maximum atomic E-state index is 12.0. The largest absolute Gasteiger partial charge is 0.394 e. The van der Waals surface area contributed by atoms with E-state index in [1.54, 1.807) is 0 Å². The van der Waals surface area contributed by atoms with Crippen LogP contribution in [0.15, 0.2) is 11.6 Å². The molecular formula is C14H23NO2. The summed E-state index contributed by atoms with van der Waals surface area (Å²) in [4.78, 5) is 12.0. The number of nitrogens with one attached hydrogen (secondary N) is 1. The first-order valence-electron chi connectivity index (χ1n) is 6.84. The molecule has 2 N–H and O–H groups in total. The van der Waals surface area contributed by atoms with E-state index in [4.69, 9.17) is 0 Å². The average molecular weight is 237 g/mol. The Morgan fingerprint density at radius 3 is 2.65 bits per heavy atom. The third kappa shape index (κ3) is 3.32. The van der Waals surface area contributed by atoms with Crippen molar-refractivity contribution in [2.24, 2.45) is 0 Å². The van der Waals surface area contributed by atoms with E-state index in [-0.39, 0.29) is 18.1 Å². The van der Waals surface area contributed by atoms with Crippen molar-refractivity contribution in [3.63, 3.8) is 0 Å². The van der Waals surface area contributed by atoms with Crippen LogP contribution in [-0.4, -0.2) is 23.2 Å².